The second-order valence-corrected chi connectivity index (χ2v) is 8.26. The van der Waals surface area contributed by atoms with Crippen molar-refractivity contribution in [3.63, 3.8) is 0 Å². The van der Waals surface area contributed by atoms with Crippen LogP contribution >= 0.6 is 0 Å². The highest BCUT2D eigenvalue weighted by atomic mass is 16.5. The fourth-order valence-corrected chi connectivity index (χ4v) is 4.99. The summed E-state index contributed by atoms with van der Waals surface area (Å²) in [5.74, 6) is -0.0722. The Morgan fingerprint density at radius 2 is 1.90 bits per heavy atom. The number of hydrogen-bond donors (Lipinski definition) is 3. The first-order valence-corrected chi connectivity index (χ1v) is 10.8. The van der Waals surface area contributed by atoms with E-state index >= 15 is 0 Å². The Balaban J connectivity index is 1.61. The standard InChI is InChI=1S/C24H28N2O5/c27-22(28)10-5-13-31-17-11-12-20-18(14-17)23-19(25-24(29)30)8-4-9-21(23)26(20)15-16-6-2-1-3-7-16/h1-3,6-7,11-12,14,19,21,23,25H,4-5,8-10,13,15H2,(H,27,28)(H,29,30). The molecule has 1 fully saturated rings. The van der Waals surface area contributed by atoms with Crippen LogP contribution in [0.5, 0.6) is 5.75 Å². The van der Waals surface area contributed by atoms with E-state index in [1.165, 1.54) is 5.56 Å². The van der Waals surface area contributed by atoms with E-state index in [9.17, 15) is 14.7 Å². The Morgan fingerprint density at radius 1 is 1.10 bits per heavy atom. The molecule has 0 bridgehead atoms. The van der Waals surface area contributed by atoms with Crippen molar-refractivity contribution in [2.75, 3.05) is 11.5 Å². The zero-order valence-corrected chi connectivity index (χ0v) is 17.4. The molecule has 0 radical (unpaired) electrons. The highest BCUT2D eigenvalue weighted by Gasteiger charge is 2.45. The van der Waals surface area contributed by atoms with Crippen LogP contribution in [0.3, 0.4) is 0 Å². The van der Waals surface area contributed by atoms with Crippen molar-refractivity contribution < 1.29 is 24.5 Å². The minimum absolute atomic E-state index is 0.0612. The second-order valence-electron chi connectivity index (χ2n) is 8.26. The minimum Gasteiger partial charge on any atom is -0.494 e. The lowest BCUT2D eigenvalue weighted by atomic mass is 9.78. The van der Waals surface area contributed by atoms with Crippen molar-refractivity contribution in [2.45, 2.75) is 56.7 Å². The highest BCUT2D eigenvalue weighted by molar-refractivity contribution is 5.68. The molecular weight excluding hydrogens is 396 g/mol. The van der Waals surface area contributed by atoms with E-state index in [1.807, 2.05) is 30.3 Å². The largest absolute Gasteiger partial charge is 0.494 e. The van der Waals surface area contributed by atoms with E-state index in [4.69, 9.17) is 9.84 Å². The lowest BCUT2D eigenvalue weighted by Crippen LogP contribution is -2.47. The summed E-state index contributed by atoms with van der Waals surface area (Å²) in [6.07, 6.45) is 2.33. The van der Waals surface area contributed by atoms with Gasteiger partial charge in [0.05, 0.1) is 6.61 Å². The van der Waals surface area contributed by atoms with Crippen molar-refractivity contribution in [3.8, 4) is 5.75 Å². The van der Waals surface area contributed by atoms with Gasteiger partial charge in [0.1, 0.15) is 5.75 Å². The minimum atomic E-state index is -0.991. The molecule has 1 heterocycles. The van der Waals surface area contributed by atoms with Crippen molar-refractivity contribution in [3.05, 3.63) is 59.7 Å². The van der Waals surface area contributed by atoms with E-state index in [-0.39, 0.29) is 24.4 Å². The van der Waals surface area contributed by atoms with Crippen LogP contribution in [0, 0.1) is 0 Å². The summed E-state index contributed by atoms with van der Waals surface area (Å²) in [5, 5.41) is 20.9. The summed E-state index contributed by atoms with van der Waals surface area (Å²) in [6.45, 7) is 1.11. The Labute approximate surface area is 181 Å². The van der Waals surface area contributed by atoms with E-state index in [0.29, 0.717) is 18.8 Å². The summed E-state index contributed by atoms with van der Waals surface area (Å²) in [6, 6.07) is 16.4. The van der Waals surface area contributed by atoms with Gasteiger partial charge in [-0.25, -0.2) is 4.79 Å². The smallest absolute Gasteiger partial charge is 0.404 e. The fourth-order valence-electron chi connectivity index (χ4n) is 4.99. The fraction of sp³-hybridized carbons (Fsp3) is 0.417. The number of anilines is 1. The van der Waals surface area contributed by atoms with Gasteiger partial charge in [-0.05, 0) is 55.0 Å². The average Bonchev–Trinajstić information content (AvgIpc) is 3.05. The number of fused-ring (bicyclic) bond motifs is 3. The Morgan fingerprint density at radius 3 is 2.65 bits per heavy atom. The number of nitrogens with zero attached hydrogens (tertiary/aromatic N) is 1. The monoisotopic (exact) mass is 424 g/mol. The van der Waals surface area contributed by atoms with Gasteiger partial charge >= 0.3 is 12.1 Å². The molecule has 1 aliphatic heterocycles. The molecule has 3 atom stereocenters. The molecule has 0 saturated heterocycles. The normalized spacial score (nSPS) is 21.8. The molecule has 1 aliphatic carbocycles. The van der Waals surface area contributed by atoms with Crippen LogP contribution in [0.1, 0.15) is 49.1 Å². The summed E-state index contributed by atoms with van der Waals surface area (Å²) >= 11 is 0. The third kappa shape index (κ3) is 4.76. The van der Waals surface area contributed by atoms with Gasteiger partial charge in [-0.2, -0.15) is 0 Å². The number of carboxylic acids is 1. The molecule has 1 amide bonds. The van der Waals surface area contributed by atoms with Gasteiger partial charge < -0.3 is 25.2 Å². The third-order valence-corrected chi connectivity index (χ3v) is 6.24. The van der Waals surface area contributed by atoms with Gasteiger partial charge in [-0.15, -0.1) is 0 Å². The molecule has 0 aromatic heterocycles. The Bertz CT molecular complexity index is 933. The van der Waals surface area contributed by atoms with Gasteiger partial charge in [0.15, 0.2) is 0 Å². The quantitative estimate of drug-likeness (QED) is 0.549. The van der Waals surface area contributed by atoms with Crippen LogP contribution in [-0.4, -0.2) is 41.0 Å². The molecule has 3 unspecified atom stereocenters. The van der Waals surface area contributed by atoms with Gasteiger partial charge in [-0.1, -0.05) is 30.3 Å². The number of carbonyl (C=O) groups is 2. The molecule has 0 spiro atoms. The predicted octanol–water partition coefficient (Wildman–Crippen LogP) is 4.22. The van der Waals surface area contributed by atoms with Crippen molar-refractivity contribution in [1.82, 2.24) is 5.32 Å². The maximum absolute atomic E-state index is 11.4. The number of benzene rings is 2. The molecule has 2 aromatic carbocycles. The lowest BCUT2D eigenvalue weighted by Gasteiger charge is -2.38. The zero-order chi connectivity index (χ0) is 21.8. The van der Waals surface area contributed by atoms with Crippen LogP contribution in [0.15, 0.2) is 48.5 Å². The molecule has 2 aliphatic rings. The summed E-state index contributed by atoms with van der Waals surface area (Å²) in [7, 11) is 0. The molecule has 7 nitrogen and oxygen atoms in total. The Hall–Kier alpha value is -3.22. The zero-order valence-electron chi connectivity index (χ0n) is 17.4. The van der Waals surface area contributed by atoms with Gasteiger partial charge in [0.25, 0.3) is 0 Å². The van der Waals surface area contributed by atoms with Crippen molar-refractivity contribution in [1.29, 1.82) is 0 Å². The number of rotatable bonds is 8. The molecule has 4 rings (SSSR count). The first-order chi connectivity index (χ1) is 15.0. The van der Waals surface area contributed by atoms with E-state index < -0.39 is 12.1 Å². The Kier molecular flexibility index (Phi) is 6.30. The first kappa shape index (κ1) is 21.0. The molecule has 7 heteroatoms. The molecule has 31 heavy (non-hydrogen) atoms. The average molecular weight is 424 g/mol. The number of hydrogen-bond acceptors (Lipinski definition) is 4. The van der Waals surface area contributed by atoms with Crippen molar-refractivity contribution in [2.24, 2.45) is 0 Å². The van der Waals surface area contributed by atoms with Crippen molar-refractivity contribution >= 4 is 17.7 Å². The van der Waals surface area contributed by atoms with Crippen LogP contribution in [0.4, 0.5) is 10.5 Å². The van der Waals surface area contributed by atoms with Crippen LogP contribution < -0.4 is 15.0 Å². The van der Waals surface area contributed by atoms with E-state index in [2.05, 4.69) is 28.4 Å². The maximum atomic E-state index is 11.4. The molecule has 164 valence electrons. The third-order valence-electron chi connectivity index (χ3n) is 6.24. The molecule has 2 aromatic rings. The summed E-state index contributed by atoms with van der Waals surface area (Å²) < 4.78 is 5.81. The lowest BCUT2D eigenvalue weighted by molar-refractivity contribution is -0.137. The van der Waals surface area contributed by atoms with Gasteiger partial charge in [0, 0.05) is 36.7 Å². The summed E-state index contributed by atoms with van der Waals surface area (Å²) in [5.41, 5.74) is 3.45. The number of ether oxygens (including phenoxy) is 1. The van der Waals surface area contributed by atoms with Gasteiger partial charge in [0.2, 0.25) is 0 Å². The topological polar surface area (TPSA) is 99.1 Å². The molecule has 1 saturated carbocycles. The highest BCUT2D eigenvalue weighted by Crippen LogP contribution is 2.49. The number of amides is 1. The van der Waals surface area contributed by atoms with Crippen LogP contribution in [0.25, 0.3) is 0 Å². The number of carboxylic acid groups (broad SMARTS) is 2. The van der Waals surface area contributed by atoms with E-state index in [1.54, 1.807) is 0 Å². The van der Waals surface area contributed by atoms with Crippen LogP contribution in [0.2, 0.25) is 0 Å². The number of nitrogens with one attached hydrogen (secondary N) is 1. The number of aliphatic carboxylic acids is 1. The van der Waals surface area contributed by atoms with Crippen LogP contribution in [-0.2, 0) is 11.3 Å². The molecular formula is C24H28N2O5. The van der Waals surface area contributed by atoms with Gasteiger partial charge in [-0.3, -0.25) is 4.79 Å². The summed E-state index contributed by atoms with van der Waals surface area (Å²) in [4.78, 5) is 24.6. The first-order valence-electron chi connectivity index (χ1n) is 10.8. The van der Waals surface area contributed by atoms with E-state index in [0.717, 1.165) is 37.1 Å². The molecule has 3 N–H and O–H groups in total. The maximum Gasteiger partial charge on any atom is 0.404 e. The SMILES string of the molecule is O=C(O)CCCOc1ccc2c(c1)C1C(NC(=O)O)CCCC1N2Cc1ccccc1. The predicted molar refractivity (Wildman–Crippen MR) is 117 cm³/mol. The second kappa shape index (κ2) is 9.29.